The first-order valence-electron chi connectivity index (χ1n) is 7.48. The molecule has 0 radical (unpaired) electrons. The minimum Gasteiger partial charge on any atom is -0.497 e. The van der Waals surface area contributed by atoms with E-state index in [9.17, 15) is 0 Å². The molecule has 0 saturated carbocycles. The van der Waals surface area contributed by atoms with Crippen molar-refractivity contribution in [2.24, 2.45) is 0 Å². The number of aryl methyl sites for hydroxylation is 2. The third-order valence-electron chi connectivity index (χ3n) is 3.84. The summed E-state index contributed by atoms with van der Waals surface area (Å²) in [5, 5.41) is 4.61. The zero-order valence-corrected chi connectivity index (χ0v) is 13.8. The smallest absolute Gasteiger partial charge is 0.119 e. The van der Waals surface area contributed by atoms with Gasteiger partial charge in [0.15, 0.2) is 0 Å². The molecular weight excluding hydrogens is 288 g/mol. The van der Waals surface area contributed by atoms with Gasteiger partial charge in [0, 0.05) is 11.3 Å². The van der Waals surface area contributed by atoms with Crippen molar-refractivity contribution in [2.45, 2.75) is 13.8 Å². The number of aromatic nitrogens is 2. The summed E-state index contributed by atoms with van der Waals surface area (Å²) in [6.45, 7) is 4.06. The molecule has 0 aliphatic carbocycles. The zero-order chi connectivity index (χ0) is 16.4. The van der Waals surface area contributed by atoms with Crippen LogP contribution in [0.3, 0.4) is 0 Å². The molecule has 118 valence electrons. The number of nitrogens with zero attached hydrogens (tertiary/aromatic N) is 2. The standard InChI is InChI=1S/C19H20N2O2/c1-13-11-14(2)21(20-13)19-10-9-17(23-4)12-18(19)15-5-7-16(22-3)8-6-15/h5-12H,1-4H3. The molecule has 0 N–H and O–H groups in total. The average Bonchev–Trinajstić information content (AvgIpc) is 2.92. The summed E-state index contributed by atoms with van der Waals surface area (Å²) in [4.78, 5) is 0. The number of benzene rings is 2. The number of ether oxygens (including phenoxy) is 2. The molecule has 4 nitrogen and oxygen atoms in total. The van der Waals surface area contributed by atoms with Gasteiger partial charge < -0.3 is 9.47 Å². The summed E-state index contributed by atoms with van der Waals surface area (Å²) < 4.78 is 12.6. The van der Waals surface area contributed by atoms with Crippen molar-refractivity contribution in [1.29, 1.82) is 0 Å². The predicted molar refractivity (Wildman–Crippen MR) is 91.6 cm³/mol. The van der Waals surface area contributed by atoms with Crippen LogP contribution in [0, 0.1) is 13.8 Å². The fourth-order valence-corrected chi connectivity index (χ4v) is 2.70. The van der Waals surface area contributed by atoms with E-state index in [1.165, 1.54) is 0 Å². The lowest BCUT2D eigenvalue weighted by atomic mass is 10.0. The summed E-state index contributed by atoms with van der Waals surface area (Å²) in [6.07, 6.45) is 0. The average molecular weight is 308 g/mol. The lowest BCUT2D eigenvalue weighted by Gasteiger charge is -2.14. The number of rotatable bonds is 4. The first-order valence-corrected chi connectivity index (χ1v) is 7.48. The summed E-state index contributed by atoms with van der Waals surface area (Å²) in [7, 11) is 3.35. The monoisotopic (exact) mass is 308 g/mol. The molecule has 0 aliphatic rings. The molecular formula is C19H20N2O2. The van der Waals surface area contributed by atoms with Crippen LogP contribution < -0.4 is 9.47 Å². The molecule has 0 unspecified atom stereocenters. The van der Waals surface area contributed by atoms with Crippen LogP contribution in [0.2, 0.25) is 0 Å². The highest BCUT2D eigenvalue weighted by molar-refractivity contribution is 5.75. The van der Waals surface area contributed by atoms with E-state index in [-0.39, 0.29) is 0 Å². The van der Waals surface area contributed by atoms with Crippen molar-refractivity contribution in [3.8, 4) is 28.3 Å². The third-order valence-corrected chi connectivity index (χ3v) is 3.84. The highest BCUT2D eigenvalue weighted by atomic mass is 16.5. The zero-order valence-electron chi connectivity index (χ0n) is 13.8. The number of hydrogen-bond acceptors (Lipinski definition) is 3. The largest absolute Gasteiger partial charge is 0.497 e. The van der Waals surface area contributed by atoms with Crippen LogP contribution in [0.1, 0.15) is 11.4 Å². The van der Waals surface area contributed by atoms with Gasteiger partial charge in [0.05, 0.1) is 25.6 Å². The van der Waals surface area contributed by atoms with E-state index in [1.54, 1.807) is 14.2 Å². The molecule has 0 fully saturated rings. The van der Waals surface area contributed by atoms with Crippen LogP contribution >= 0.6 is 0 Å². The Morgan fingerprint density at radius 3 is 2.04 bits per heavy atom. The van der Waals surface area contributed by atoms with Gasteiger partial charge in [-0.25, -0.2) is 4.68 Å². The second kappa shape index (κ2) is 6.16. The second-order valence-electron chi connectivity index (χ2n) is 5.45. The van der Waals surface area contributed by atoms with E-state index in [4.69, 9.17) is 9.47 Å². The van der Waals surface area contributed by atoms with Crippen molar-refractivity contribution in [1.82, 2.24) is 9.78 Å². The number of methoxy groups -OCH3 is 2. The minimum atomic E-state index is 0.820. The minimum absolute atomic E-state index is 0.820. The van der Waals surface area contributed by atoms with Crippen molar-refractivity contribution in [3.05, 3.63) is 59.9 Å². The highest BCUT2D eigenvalue weighted by Gasteiger charge is 2.12. The fraction of sp³-hybridized carbons (Fsp3) is 0.211. The van der Waals surface area contributed by atoms with Crippen LogP contribution in [-0.4, -0.2) is 24.0 Å². The lowest BCUT2D eigenvalue weighted by molar-refractivity contribution is 0.414. The van der Waals surface area contributed by atoms with Crippen LogP contribution in [0.5, 0.6) is 11.5 Å². The molecule has 0 saturated heterocycles. The van der Waals surface area contributed by atoms with Crippen LogP contribution in [0.25, 0.3) is 16.8 Å². The molecule has 3 rings (SSSR count). The Balaban J connectivity index is 2.18. The Bertz CT molecular complexity index is 820. The molecule has 0 atom stereocenters. The molecule has 0 amide bonds. The molecule has 4 heteroatoms. The van der Waals surface area contributed by atoms with Gasteiger partial charge in [-0.1, -0.05) is 12.1 Å². The molecule has 23 heavy (non-hydrogen) atoms. The fourth-order valence-electron chi connectivity index (χ4n) is 2.70. The van der Waals surface area contributed by atoms with Crippen molar-refractivity contribution >= 4 is 0 Å². The van der Waals surface area contributed by atoms with Crippen molar-refractivity contribution in [2.75, 3.05) is 14.2 Å². The Kier molecular flexibility index (Phi) is 4.06. The topological polar surface area (TPSA) is 36.3 Å². The molecule has 0 aliphatic heterocycles. The van der Waals surface area contributed by atoms with E-state index >= 15 is 0 Å². The van der Waals surface area contributed by atoms with Gasteiger partial charge in [0.25, 0.3) is 0 Å². The molecule has 3 aromatic rings. The molecule has 2 aromatic carbocycles. The highest BCUT2D eigenvalue weighted by Crippen LogP contribution is 2.32. The Labute approximate surface area is 136 Å². The van der Waals surface area contributed by atoms with Gasteiger partial charge in [-0.2, -0.15) is 5.10 Å². The molecule has 1 aromatic heterocycles. The third kappa shape index (κ3) is 2.93. The van der Waals surface area contributed by atoms with Gasteiger partial charge in [-0.3, -0.25) is 0 Å². The van der Waals surface area contributed by atoms with E-state index in [0.717, 1.165) is 39.7 Å². The van der Waals surface area contributed by atoms with E-state index in [2.05, 4.69) is 18.1 Å². The van der Waals surface area contributed by atoms with Gasteiger partial charge in [0.2, 0.25) is 0 Å². The quantitative estimate of drug-likeness (QED) is 0.725. The molecule has 1 heterocycles. The lowest BCUT2D eigenvalue weighted by Crippen LogP contribution is -2.02. The summed E-state index contributed by atoms with van der Waals surface area (Å²) in [5.41, 5.74) is 5.29. The maximum absolute atomic E-state index is 5.39. The van der Waals surface area contributed by atoms with Crippen LogP contribution in [0.15, 0.2) is 48.5 Å². The van der Waals surface area contributed by atoms with E-state index < -0.39 is 0 Å². The van der Waals surface area contributed by atoms with Crippen molar-refractivity contribution < 1.29 is 9.47 Å². The maximum Gasteiger partial charge on any atom is 0.119 e. The van der Waals surface area contributed by atoms with E-state index in [0.29, 0.717) is 0 Å². The van der Waals surface area contributed by atoms with Gasteiger partial charge in [-0.15, -0.1) is 0 Å². The van der Waals surface area contributed by atoms with Crippen molar-refractivity contribution in [3.63, 3.8) is 0 Å². The summed E-state index contributed by atoms with van der Waals surface area (Å²) in [5.74, 6) is 1.66. The van der Waals surface area contributed by atoms with Crippen LogP contribution in [-0.2, 0) is 0 Å². The molecule has 0 bridgehead atoms. The second-order valence-corrected chi connectivity index (χ2v) is 5.45. The first kappa shape index (κ1) is 15.2. The van der Waals surface area contributed by atoms with Gasteiger partial charge >= 0.3 is 0 Å². The SMILES string of the molecule is COc1ccc(-c2cc(OC)ccc2-n2nc(C)cc2C)cc1. The molecule has 0 spiro atoms. The normalized spacial score (nSPS) is 10.6. The van der Waals surface area contributed by atoms with Gasteiger partial charge in [0.1, 0.15) is 11.5 Å². The maximum atomic E-state index is 5.39. The Hall–Kier alpha value is -2.75. The summed E-state index contributed by atoms with van der Waals surface area (Å²) in [6, 6.07) is 16.1. The number of hydrogen-bond donors (Lipinski definition) is 0. The predicted octanol–water partition coefficient (Wildman–Crippen LogP) is 4.17. The first-order chi connectivity index (χ1) is 11.1. The van der Waals surface area contributed by atoms with Crippen LogP contribution in [0.4, 0.5) is 0 Å². The van der Waals surface area contributed by atoms with E-state index in [1.807, 2.05) is 54.1 Å². The summed E-state index contributed by atoms with van der Waals surface area (Å²) >= 11 is 0. The van der Waals surface area contributed by atoms with Gasteiger partial charge in [-0.05, 0) is 55.8 Å². The Morgan fingerprint density at radius 1 is 0.826 bits per heavy atom. The Morgan fingerprint density at radius 2 is 1.48 bits per heavy atom.